The third-order valence-electron chi connectivity index (χ3n) is 20.3. The molecule has 0 aromatic heterocycles. The summed E-state index contributed by atoms with van der Waals surface area (Å²) in [6.07, 6.45) is 1.08. The highest BCUT2D eigenvalue weighted by atomic mass is 16.6. The van der Waals surface area contributed by atoms with Crippen molar-refractivity contribution in [2.75, 3.05) is 26.4 Å². The molecule has 12 aromatic carbocycles. The summed E-state index contributed by atoms with van der Waals surface area (Å²) in [4.78, 5) is 39.5. The fraction of sp³-hybridized carbons (Fsp3) is 0.185. The van der Waals surface area contributed by atoms with Gasteiger partial charge in [-0.25, -0.2) is 0 Å². The molecular formula is C92H80O11. The molecule has 0 saturated heterocycles. The van der Waals surface area contributed by atoms with Crippen molar-refractivity contribution < 1.29 is 52.6 Å². The standard InChI is InChI=1S/C92H80O11/c1-6-58-97-71-41-31-66(32-42-71)91(82-19-11-7-15-78(82)79-16-8-12-20-83(79)91)67-33-43-72(44-34-67)98-60-56-87(95)102-76-51-27-64(28-52-76)90(4,5)65-29-53-77(54-30-65)103-88(96)57-61-100-74-47-37-69(38-48-74)92(84-21-13-9-17-80(84)81-18-10-14-22-85(81)92)68-35-45-73(46-36-68)99-59-55-86(94)101-75-49-25-63(26-50-75)89(2,3)62-23-39-70(93)40-24-62/h7-54,93H,6,55-61H2,1-5H3. The number of phenolic OH excluding ortho intramolecular Hbond substituents is 1. The topological polar surface area (TPSA) is 136 Å². The molecule has 0 radical (unpaired) electrons. The lowest BCUT2D eigenvalue weighted by molar-refractivity contribution is -0.135. The zero-order valence-corrected chi connectivity index (χ0v) is 58.4. The van der Waals surface area contributed by atoms with Gasteiger partial charge in [0.15, 0.2) is 0 Å². The fourth-order valence-corrected chi connectivity index (χ4v) is 14.8. The van der Waals surface area contributed by atoms with Crippen LogP contribution in [0.1, 0.15) is 127 Å². The monoisotopic (exact) mass is 1360 g/mol. The summed E-state index contributed by atoms with van der Waals surface area (Å²) in [7, 11) is 0. The maximum atomic E-state index is 13.3. The van der Waals surface area contributed by atoms with E-state index >= 15 is 0 Å². The van der Waals surface area contributed by atoms with Gasteiger partial charge < -0.3 is 38.3 Å². The van der Waals surface area contributed by atoms with Gasteiger partial charge in [0.1, 0.15) is 46.0 Å². The van der Waals surface area contributed by atoms with Crippen LogP contribution in [0.3, 0.4) is 0 Å². The minimum absolute atomic E-state index is 0.0306. The molecule has 2 aliphatic carbocycles. The highest BCUT2D eigenvalue weighted by Gasteiger charge is 2.47. The molecule has 14 rings (SSSR count). The molecule has 2 aliphatic rings. The number of hydrogen-bond donors (Lipinski definition) is 1. The minimum Gasteiger partial charge on any atom is -0.508 e. The van der Waals surface area contributed by atoms with E-state index in [0.717, 1.165) is 78.9 Å². The number of rotatable bonds is 26. The number of carbonyl (C=O) groups excluding carboxylic acids is 3. The quantitative estimate of drug-likeness (QED) is 0.0410. The van der Waals surface area contributed by atoms with Crippen LogP contribution in [-0.2, 0) is 36.0 Å². The van der Waals surface area contributed by atoms with Gasteiger partial charge in [0.05, 0.1) is 56.5 Å². The third kappa shape index (κ3) is 13.7. The van der Waals surface area contributed by atoms with E-state index in [0.29, 0.717) is 41.1 Å². The molecule has 11 nitrogen and oxygen atoms in total. The van der Waals surface area contributed by atoms with E-state index in [1.807, 2.05) is 84.9 Å². The molecule has 514 valence electrons. The fourth-order valence-electron chi connectivity index (χ4n) is 14.8. The first kappa shape index (κ1) is 68.2. The summed E-state index contributed by atoms with van der Waals surface area (Å²) in [5.41, 5.74) is 15.9. The molecule has 1 N–H and O–H groups in total. The Kier molecular flexibility index (Phi) is 19.4. The SMILES string of the molecule is CCCOc1ccc(C2(c3ccc(OCCC(=O)Oc4ccc(C(C)(C)c5ccc(OC(=O)CCOc6ccc(C7(c8ccc(OCCC(=O)Oc9ccc(C(C)(C)c%10ccc(O)cc%10)cc9)cc8)c8ccccc8-c8ccccc87)cc6)cc5)cc4)cc3)c3ccccc3-c3ccccc32)cc1. The van der Waals surface area contributed by atoms with E-state index in [1.54, 1.807) is 48.5 Å². The van der Waals surface area contributed by atoms with Gasteiger partial charge >= 0.3 is 17.9 Å². The van der Waals surface area contributed by atoms with Crippen molar-refractivity contribution in [3.63, 3.8) is 0 Å². The molecule has 0 aliphatic heterocycles. The first-order valence-corrected chi connectivity index (χ1v) is 35.2. The number of benzene rings is 12. The number of fused-ring (bicyclic) bond motifs is 6. The van der Waals surface area contributed by atoms with E-state index < -0.39 is 34.2 Å². The summed E-state index contributed by atoms with van der Waals surface area (Å²) >= 11 is 0. The molecular weight excluding hydrogens is 1280 g/mol. The van der Waals surface area contributed by atoms with Gasteiger partial charge in [-0.15, -0.1) is 0 Å². The predicted octanol–water partition coefficient (Wildman–Crippen LogP) is 19.7. The number of aromatic hydroxyl groups is 1. The normalized spacial score (nSPS) is 12.9. The van der Waals surface area contributed by atoms with Crippen molar-refractivity contribution in [1.29, 1.82) is 0 Å². The Labute approximate surface area is 601 Å². The predicted molar refractivity (Wildman–Crippen MR) is 402 cm³/mol. The van der Waals surface area contributed by atoms with Crippen LogP contribution in [0.15, 0.2) is 291 Å². The Bertz CT molecular complexity index is 4890. The smallest absolute Gasteiger partial charge is 0.314 e. The third-order valence-corrected chi connectivity index (χ3v) is 20.3. The lowest BCUT2D eigenvalue weighted by atomic mass is 9.68. The largest absolute Gasteiger partial charge is 0.508 e. The first-order valence-electron chi connectivity index (χ1n) is 35.2. The second-order valence-corrected chi connectivity index (χ2v) is 27.2. The van der Waals surface area contributed by atoms with Crippen LogP contribution < -0.4 is 33.2 Å². The molecule has 0 unspecified atom stereocenters. The van der Waals surface area contributed by atoms with Crippen molar-refractivity contribution >= 4 is 17.9 Å². The summed E-state index contributed by atoms with van der Waals surface area (Å²) in [5.74, 6) is 3.06. The molecule has 0 saturated carbocycles. The number of hydrogen-bond acceptors (Lipinski definition) is 11. The van der Waals surface area contributed by atoms with Gasteiger partial charge in [-0.05, 0) is 192 Å². The van der Waals surface area contributed by atoms with Gasteiger partial charge in [0, 0.05) is 10.8 Å². The van der Waals surface area contributed by atoms with E-state index in [9.17, 15) is 19.5 Å². The second kappa shape index (κ2) is 29.3. The van der Waals surface area contributed by atoms with Crippen LogP contribution in [0.2, 0.25) is 0 Å². The number of carbonyl (C=O) groups is 3. The van der Waals surface area contributed by atoms with Crippen LogP contribution in [0.5, 0.6) is 46.0 Å². The number of ether oxygens (including phenoxy) is 7. The number of esters is 3. The van der Waals surface area contributed by atoms with Crippen LogP contribution in [-0.4, -0.2) is 49.4 Å². The number of phenols is 1. The summed E-state index contributed by atoms with van der Waals surface area (Å²) in [6, 6.07) is 96.9. The molecule has 0 spiro atoms. The van der Waals surface area contributed by atoms with E-state index in [2.05, 4.69) is 192 Å². The van der Waals surface area contributed by atoms with Gasteiger partial charge in [-0.1, -0.05) is 229 Å². The maximum Gasteiger partial charge on any atom is 0.314 e. The Morgan fingerprint density at radius 1 is 0.291 bits per heavy atom. The Balaban J connectivity index is 0.553. The van der Waals surface area contributed by atoms with E-state index in [4.69, 9.17) is 33.2 Å². The van der Waals surface area contributed by atoms with Crippen LogP contribution >= 0.6 is 0 Å². The molecule has 11 heteroatoms. The van der Waals surface area contributed by atoms with Gasteiger partial charge in [-0.3, -0.25) is 14.4 Å². The molecule has 12 aromatic rings. The Hall–Kier alpha value is -12.0. The van der Waals surface area contributed by atoms with Gasteiger partial charge in [0.25, 0.3) is 0 Å². The van der Waals surface area contributed by atoms with Crippen molar-refractivity contribution in [2.24, 2.45) is 0 Å². The highest BCUT2D eigenvalue weighted by molar-refractivity contribution is 5.88. The van der Waals surface area contributed by atoms with Crippen molar-refractivity contribution in [3.8, 4) is 68.2 Å². The Morgan fingerprint density at radius 3 is 0.767 bits per heavy atom. The maximum absolute atomic E-state index is 13.3. The van der Waals surface area contributed by atoms with E-state index in [-0.39, 0.29) is 50.2 Å². The van der Waals surface area contributed by atoms with Crippen LogP contribution in [0, 0.1) is 0 Å². The molecule has 103 heavy (non-hydrogen) atoms. The van der Waals surface area contributed by atoms with Gasteiger partial charge in [0.2, 0.25) is 0 Å². The molecule has 0 heterocycles. The summed E-state index contributed by atoms with van der Waals surface area (Å²) in [6.45, 7) is 11.6. The zero-order valence-electron chi connectivity index (χ0n) is 58.4. The van der Waals surface area contributed by atoms with Crippen molar-refractivity contribution in [3.05, 3.63) is 358 Å². The molecule has 0 atom stereocenters. The summed E-state index contributed by atoms with van der Waals surface area (Å²) in [5, 5.41) is 9.78. The lowest BCUT2D eigenvalue weighted by Crippen LogP contribution is -2.28. The zero-order chi connectivity index (χ0) is 71.1. The average molecular weight is 1360 g/mol. The van der Waals surface area contributed by atoms with Crippen LogP contribution in [0.4, 0.5) is 0 Å². The molecule has 0 amide bonds. The average Bonchev–Trinajstić information content (AvgIpc) is 1.55. The van der Waals surface area contributed by atoms with E-state index in [1.165, 1.54) is 22.3 Å². The lowest BCUT2D eigenvalue weighted by Gasteiger charge is -2.34. The van der Waals surface area contributed by atoms with Crippen molar-refractivity contribution in [2.45, 2.75) is 82.0 Å². The summed E-state index contributed by atoms with van der Waals surface area (Å²) < 4.78 is 41.7. The first-order chi connectivity index (χ1) is 50.1. The minimum atomic E-state index is -0.683. The molecule has 0 bridgehead atoms. The van der Waals surface area contributed by atoms with Gasteiger partial charge in [-0.2, -0.15) is 0 Å². The van der Waals surface area contributed by atoms with Crippen molar-refractivity contribution in [1.82, 2.24) is 0 Å². The van der Waals surface area contributed by atoms with Crippen LogP contribution in [0.25, 0.3) is 22.3 Å². The Morgan fingerprint density at radius 2 is 0.515 bits per heavy atom. The molecule has 0 fully saturated rings. The highest BCUT2D eigenvalue weighted by Crippen LogP contribution is 2.58. The second-order valence-electron chi connectivity index (χ2n) is 27.2.